The summed E-state index contributed by atoms with van der Waals surface area (Å²) in [5.41, 5.74) is 3.28. The first kappa shape index (κ1) is 15.3. The van der Waals surface area contributed by atoms with Crippen LogP contribution < -0.4 is 5.32 Å². The summed E-state index contributed by atoms with van der Waals surface area (Å²) in [5, 5.41) is 4.05. The number of H-pyrrole nitrogens is 1. The molecule has 0 radical (unpaired) electrons. The van der Waals surface area contributed by atoms with Gasteiger partial charge in [0, 0.05) is 30.1 Å². The summed E-state index contributed by atoms with van der Waals surface area (Å²) >= 11 is 0. The normalized spacial score (nSPS) is 10.7. The van der Waals surface area contributed by atoms with E-state index in [0.717, 1.165) is 17.5 Å². The van der Waals surface area contributed by atoms with Crippen molar-refractivity contribution in [2.24, 2.45) is 0 Å². The third-order valence-corrected chi connectivity index (χ3v) is 3.21. The lowest BCUT2D eigenvalue weighted by atomic mass is 10.1. The van der Waals surface area contributed by atoms with Gasteiger partial charge in [0.15, 0.2) is 0 Å². The van der Waals surface area contributed by atoms with Crippen LogP contribution in [0.15, 0.2) is 42.6 Å². The van der Waals surface area contributed by atoms with Gasteiger partial charge in [-0.1, -0.05) is 30.4 Å². The Labute approximate surface area is 125 Å². The van der Waals surface area contributed by atoms with Crippen LogP contribution in [-0.4, -0.2) is 30.6 Å². The van der Waals surface area contributed by atoms with Crippen molar-refractivity contribution in [2.45, 2.75) is 19.8 Å². The Hall–Kier alpha value is -2.07. The second-order valence-electron chi connectivity index (χ2n) is 5.22. The van der Waals surface area contributed by atoms with Crippen molar-refractivity contribution in [3.63, 3.8) is 0 Å². The number of nitrogens with one attached hydrogen (secondary N) is 2. The predicted molar refractivity (Wildman–Crippen MR) is 85.3 cm³/mol. The van der Waals surface area contributed by atoms with Crippen LogP contribution in [0, 0.1) is 0 Å². The van der Waals surface area contributed by atoms with Gasteiger partial charge in [0.05, 0.1) is 13.2 Å². The number of carbonyl (C=O) groups excluding carboxylic acids is 1. The maximum Gasteiger partial charge on any atom is 0.220 e. The van der Waals surface area contributed by atoms with Crippen LogP contribution in [0.3, 0.4) is 0 Å². The monoisotopic (exact) mass is 286 g/mol. The zero-order chi connectivity index (χ0) is 15.1. The van der Waals surface area contributed by atoms with E-state index >= 15 is 0 Å². The average Bonchev–Trinajstić information content (AvgIpc) is 2.87. The Kier molecular flexibility index (Phi) is 5.58. The van der Waals surface area contributed by atoms with E-state index in [1.165, 1.54) is 10.9 Å². The number of carbonyl (C=O) groups is 1. The Balaban J connectivity index is 1.70. The van der Waals surface area contributed by atoms with E-state index in [2.05, 4.69) is 22.9 Å². The number of aromatic nitrogens is 1. The topological polar surface area (TPSA) is 54.1 Å². The molecule has 0 unspecified atom stereocenters. The number of fused-ring (bicyclic) bond motifs is 1. The average molecular weight is 286 g/mol. The smallest absolute Gasteiger partial charge is 0.220 e. The number of para-hydroxylation sites is 1. The van der Waals surface area contributed by atoms with Crippen molar-refractivity contribution in [1.82, 2.24) is 10.3 Å². The van der Waals surface area contributed by atoms with E-state index in [1.54, 1.807) is 0 Å². The van der Waals surface area contributed by atoms with E-state index < -0.39 is 0 Å². The van der Waals surface area contributed by atoms with E-state index in [4.69, 9.17) is 4.74 Å². The summed E-state index contributed by atoms with van der Waals surface area (Å²) in [6.45, 7) is 7.28. The standard InChI is InChI=1S/C17H22N2O2/c1-13(2)12-21-10-9-18-17(20)8-7-14-11-19-16-6-4-3-5-15(14)16/h3-6,11,19H,1,7-10,12H2,2H3,(H,18,20). The van der Waals surface area contributed by atoms with Gasteiger partial charge in [-0.25, -0.2) is 0 Å². The van der Waals surface area contributed by atoms with Crippen LogP contribution in [-0.2, 0) is 16.0 Å². The summed E-state index contributed by atoms with van der Waals surface area (Å²) in [4.78, 5) is 15.0. The molecule has 21 heavy (non-hydrogen) atoms. The molecule has 4 nitrogen and oxygen atoms in total. The van der Waals surface area contributed by atoms with E-state index in [1.807, 2.05) is 31.3 Å². The van der Waals surface area contributed by atoms with Crippen LogP contribution >= 0.6 is 0 Å². The van der Waals surface area contributed by atoms with Crippen molar-refractivity contribution >= 4 is 16.8 Å². The minimum Gasteiger partial charge on any atom is -0.375 e. The van der Waals surface area contributed by atoms with Gasteiger partial charge in [0.2, 0.25) is 5.91 Å². The van der Waals surface area contributed by atoms with E-state index in [-0.39, 0.29) is 5.91 Å². The highest BCUT2D eigenvalue weighted by Gasteiger charge is 2.06. The van der Waals surface area contributed by atoms with Gasteiger partial charge in [-0.2, -0.15) is 0 Å². The van der Waals surface area contributed by atoms with Crippen LogP contribution in [0.1, 0.15) is 18.9 Å². The van der Waals surface area contributed by atoms with Gasteiger partial charge < -0.3 is 15.0 Å². The molecular formula is C17H22N2O2. The molecule has 4 heteroatoms. The summed E-state index contributed by atoms with van der Waals surface area (Å²) < 4.78 is 5.33. The number of rotatable bonds is 8. The second-order valence-corrected chi connectivity index (χ2v) is 5.22. The Morgan fingerprint density at radius 1 is 1.38 bits per heavy atom. The number of hydrogen-bond donors (Lipinski definition) is 2. The quantitative estimate of drug-likeness (QED) is 0.579. The van der Waals surface area contributed by atoms with Crippen molar-refractivity contribution in [2.75, 3.05) is 19.8 Å². The maximum absolute atomic E-state index is 11.8. The number of amides is 1. The maximum atomic E-state index is 11.8. The van der Waals surface area contributed by atoms with Gasteiger partial charge in [-0.15, -0.1) is 0 Å². The fourth-order valence-electron chi connectivity index (χ4n) is 2.18. The number of ether oxygens (including phenoxy) is 1. The Bertz CT molecular complexity index is 616. The zero-order valence-electron chi connectivity index (χ0n) is 12.4. The molecule has 0 saturated heterocycles. The Morgan fingerprint density at radius 2 is 2.19 bits per heavy atom. The first-order valence-electron chi connectivity index (χ1n) is 7.20. The van der Waals surface area contributed by atoms with E-state index in [0.29, 0.717) is 26.2 Å². The van der Waals surface area contributed by atoms with Crippen molar-refractivity contribution < 1.29 is 9.53 Å². The lowest BCUT2D eigenvalue weighted by molar-refractivity contribution is -0.121. The first-order valence-corrected chi connectivity index (χ1v) is 7.20. The van der Waals surface area contributed by atoms with Gasteiger partial charge in [-0.3, -0.25) is 4.79 Å². The second kappa shape index (κ2) is 7.64. The van der Waals surface area contributed by atoms with Crippen LogP contribution in [0.2, 0.25) is 0 Å². The highest BCUT2D eigenvalue weighted by molar-refractivity contribution is 5.84. The van der Waals surface area contributed by atoms with Gasteiger partial charge in [0.1, 0.15) is 0 Å². The molecule has 0 spiro atoms. The minimum absolute atomic E-state index is 0.0548. The van der Waals surface area contributed by atoms with Gasteiger partial charge >= 0.3 is 0 Å². The molecule has 0 aliphatic carbocycles. The van der Waals surface area contributed by atoms with Crippen molar-refractivity contribution in [3.8, 4) is 0 Å². The van der Waals surface area contributed by atoms with Gasteiger partial charge in [-0.05, 0) is 25.0 Å². The highest BCUT2D eigenvalue weighted by atomic mass is 16.5. The summed E-state index contributed by atoms with van der Waals surface area (Å²) in [7, 11) is 0. The molecular weight excluding hydrogens is 264 g/mol. The summed E-state index contributed by atoms with van der Waals surface area (Å²) in [6.07, 6.45) is 3.21. The predicted octanol–water partition coefficient (Wildman–Crippen LogP) is 2.81. The molecule has 0 atom stereocenters. The summed E-state index contributed by atoms with van der Waals surface area (Å²) in [5.74, 6) is 0.0548. The SMILES string of the molecule is C=C(C)COCCNC(=O)CCc1c[nH]c2ccccc12. The Morgan fingerprint density at radius 3 is 3.00 bits per heavy atom. The molecule has 0 saturated carbocycles. The molecule has 0 aliphatic rings. The third kappa shape index (κ3) is 4.76. The molecule has 2 rings (SSSR count). The van der Waals surface area contributed by atoms with Crippen LogP contribution in [0.4, 0.5) is 0 Å². The fraction of sp³-hybridized carbons (Fsp3) is 0.353. The fourth-order valence-corrected chi connectivity index (χ4v) is 2.18. The lowest BCUT2D eigenvalue weighted by Crippen LogP contribution is -2.27. The summed E-state index contributed by atoms with van der Waals surface area (Å²) in [6, 6.07) is 8.13. The largest absolute Gasteiger partial charge is 0.375 e. The molecule has 1 aromatic heterocycles. The number of aromatic amines is 1. The van der Waals surface area contributed by atoms with E-state index in [9.17, 15) is 4.79 Å². The zero-order valence-corrected chi connectivity index (χ0v) is 12.4. The number of hydrogen-bond acceptors (Lipinski definition) is 2. The minimum atomic E-state index is 0.0548. The molecule has 2 aromatic rings. The van der Waals surface area contributed by atoms with Crippen LogP contribution in [0.5, 0.6) is 0 Å². The molecule has 1 aromatic carbocycles. The van der Waals surface area contributed by atoms with Crippen molar-refractivity contribution in [3.05, 3.63) is 48.2 Å². The molecule has 0 bridgehead atoms. The third-order valence-electron chi connectivity index (χ3n) is 3.21. The lowest BCUT2D eigenvalue weighted by Gasteiger charge is -2.06. The highest BCUT2D eigenvalue weighted by Crippen LogP contribution is 2.18. The number of benzene rings is 1. The first-order chi connectivity index (χ1) is 10.2. The molecule has 2 N–H and O–H groups in total. The molecule has 112 valence electrons. The van der Waals surface area contributed by atoms with Crippen LogP contribution in [0.25, 0.3) is 10.9 Å². The van der Waals surface area contributed by atoms with Gasteiger partial charge in [0.25, 0.3) is 0 Å². The number of aryl methyl sites for hydroxylation is 1. The molecule has 0 fully saturated rings. The molecule has 1 heterocycles. The molecule has 1 amide bonds. The van der Waals surface area contributed by atoms with Crippen molar-refractivity contribution in [1.29, 1.82) is 0 Å². The molecule has 0 aliphatic heterocycles.